The van der Waals surface area contributed by atoms with Crippen LogP contribution in [0.2, 0.25) is 0 Å². The van der Waals surface area contributed by atoms with Gasteiger partial charge in [-0.2, -0.15) is 5.48 Å². The van der Waals surface area contributed by atoms with Gasteiger partial charge in [0.05, 0.1) is 6.10 Å². The third kappa shape index (κ3) is 1.98. The van der Waals surface area contributed by atoms with E-state index in [1.165, 1.54) is 6.42 Å². The van der Waals surface area contributed by atoms with Crippen LogP contribution in [0.4, 0.5) is 8.78 Å². The normalized spacial score (nSPS) is 47.8. The molecule has 0 heterocycles. The molecule has 5 heteroatoms. The lowest BCUT2D eigenvalue weighted by molar-refractivity contribution is -0.102. The molecule has 3 rings (SSSR count). The SMILES string of the molecule is NC1CCCCC1ON[C@H]1C[C@]2(CC2(F)F)C1. The van der Waals surface area contributed by atoms with E-state index in [9.17, 15) is 8.78 Å². The molecule has 17 heavy (non-hydrogen) atoms. The van der Waals surface area contributed by atoms with Crippen LogP contribution in [-0.2, 0) is 4.84 Å². The molecule has 1 spiro atoms. The summed E-state index contributed by atoms with van der Waals surface area (Å²) < 4.78 is 25.9. The summed E-state index contributed by atoms with van der Waals surface area (Å²) in [6.07, 6.45) is 5.50. The van der Waals surface area contributed by atoms with Gasteiger partial charge in [0.2, 0.25) is 0 Å². The van der Waals surface area contributed by atoms with E-state index in [1.807, 2.05) is 0 Å². The number of nitrogens with two attached hydrogens (primary N) is 1. The van der Waals surface area contributed by atoms with E-state index in [0.717, 1.165) is 19.3 Å². The Morgan fingerprint density at radius 3 is 2.41 bits per heavy atom. The molecule has 2 unspecified atom stereocenters. The predicted molar refractivity (Wildman–Crippen MR) is 59.5 cm³/mol. The molecular weight excluding hydrogens is 226 g/mol. The predicted octanol–water partition coefficient (Wildman–Crippen LogP) is 1.97. The summed E-state index contributed by atoms with van der Waals surface area (Å²) in [5, 5.41) is 0. The van der Waals surface area contributed by atoms with Crippen molar-refractivity contribution >= 4 is 0 Å². The van der Waals surface area contributed by atoms with Crippen LogP contribution in [0.3, 0.4) is 0 Å². The zero-order chi connectivity index (χ0) is 12.1. The maximum atomic E-state index is 13.0. The fraction of sp³-hybridized carbons (Fsp3) is 1.00. The van der Waals surface area contributed by atoms with Crippen molar-refractivity contribution in [1.82, 2.24) is 5.48 Å². The van der Waals surface area contributed by atoms with E-state index in [-0.39, 0.29) is 24.6 Å². The highest BCUT2D eigenvalue weighted by Crippen LogP contribution is 2.70. The van der Waals surface area contributed by atoms with Crippen LogP contribution >= 0.6 is 0 Å². The van der Waals surface area contributed by atoms with Crippen molar-refractivity contribution in [3.05, 3.63) is 0 Å². The van der Waals surface area contributed by atoms with Gasteiger partial charge in [-0.05, 0) is 25.7 Å². The summed E-state index contributed by atoms with van der Waals surface area (Å²) in [6, 6.07) is 0.185. The minimum Gasteiger partial charge on any atom is -0.325 e. The van der Waals surface area contributed by atoms with Gasteiger partial charge in [-0.25, -0.2) is 8.78 Å². The largest absolute Gasteiger partial charge is 0.325 e. The first-order chi connectivity index (χ1) is 8.02. The third-order valence-electron chi connectivity index (χ3n) is 4.63. The summed E-state index contributed by atoms with van der Waals surface area (Å²) in [4.78, 5) is 5.57. The van der Waals surface area contributed by atoms with Crippen LogP contribution in [0.5, 0.6) is 0 Å². The smallest absolute Gasteiger partial charge is 0.254 e. The van der Waals surface area contributed by atoms with Gasteiger partial charge in [-0.1, -0.05) is 12.8 Å². The Morgan fingerprint density at radius 2 is 1.82 bits per heavy atom. The summed E-state index contributed by atoms with van der Waals surface area (Å²) in [7, 11) is 0. The molecule has 3 aliphatic rings. The quantitative estimate of drug-likeness (QED) is 0.748. The average Bonchev–Trinajstić information content (AvgIpc) is 2.79. The van der Waals surface area contributed by atoms with Gasteiger partial charge in [0, 0.05) is 23.9 Å². The van der Waals surface area contributed by atoms with Crippen LogP contribution in [0.25, 0.3) is 0 Å². The number of nitrogens with one attached hydrogen (secondary N) is 1. The number of alkyl halides is 2. The monoisotopic (exact) mass is 246 g/mol. The molecule has 3 saturated carbocycles. The number of halogens is 2. The molecule has 0 aromatic rings. The third-order valence-corrected chi connectivity index (χ3v) is 4.63. The first kappa shape index (κ1) is 11.8. The Bertz CT molecular complexity index is 305. The highest BCUT2D eigenvalue weighted by Gasteiger charge is 2.75. The molecule has 2 atom stereocenters. The van der Waals surface area contributed by atoms with Crippen molar-refractivity contribution in [3.63, 3.8) is 0 Å². The molecule has 0 amide bonds. The van der Waals surface area contributed by atoms with Crippen LogP contribution in [-0.4, -0.2) is 24.1 Å². The molecule has 3 fully saturated rings. The van der Waals surface area contributed by atoms with Crippen LogP contribution in [0.15, 0.2) is 0 Å². The Kier molecular flexibility index (Phi) is 2.69. The lowest BCUT2D eigenvalue weighted by Crippen LogP contribution is -2.49. The fourth-order valence-electron chi connectivity index (χ4n) is 3.25. The Labute approximate surface area is 100 Å². The van der Waals surface area contributed by atoms with Crippen LogP contribution < -0.4 is 11.2 Å². The Morgan fingerprint density at radius 1 is 1.18 bits per heavy atom. The lowest BCUT2D eigenvalue weighted by Gasteiger charge is -2.38. The Hall–Kier alpha value is -0.260. The summed E-state index contributed by atoms with van der Waals surface area (Å²) in [5.41, 5.74) is 8.21. The van der Waals surface area contributed by atoms with E-state index >= 15 is 0 Å². The van der Waals surface area contributed by atoms with Crippen molar-refractivity contribution < 1.29 is 13.6 Å². The van der Waals surface area contributed by atoms with Gasteiger partial charge in [0.25, 0.3) is 5.92 Å². The Balaban J connectivity index is 1.39. The molecule has 0 aromatic carbocycles. The lowest BCUT2D eigenvalue weighted by atomic mass is 9.77. The second kappa shape index (κ2) is 3.87. The maximum Gasteiger partial charge on any atom is 0.254 e. The minimum atomic E-state index is -2.41. The number of hydrogen-bond acceptors (Lipinski definition) is 3. The maximum absolute atomic E-state index is 13.0. The van der Waals surface area contributed by atoms with Crippen molar-refractivity contribution in [2.45, 2.75) is 69.1 Å². The van der Waals surface area contributed by atoms with Crippen LogP contribution in [0.1, 0.15) is 44.9 Å². The standard InChI is InChI=1S/C12H20F2N2O/c13-12(14)7-11(12)5-8(6-11)16-17-10-4-2-1-3-9(10)15/h8-10,16H,1-7,15H2/t8-,9?,10?,11+. The molecule has 3 nitrogen and oxygen atoms in total. The zero-order valence-electron chi connectivity index (χ0n) is 9.92. The van der Waals surface area contributed by atoms with E-state index in [4.69, 9.17) is 10.6 Å². The highest BCUT2D eigenvalue weighted by atomic mass is 19.3. The molecule has 98 valence electrons. The zero-order valence-corrected chi connectivity index (χ0v) is 9.92. The molecule has 0 aliphatic heterocycles. The first-order valence-corrected chi connectivity index (χ1v) is 6.57. The van der Waals surface area contributed by atoms with Crippen molar-refractivity contribution in [1.29, 1.82) is 0 Å². The van der Waals surface area contributed by atoms with Gasteiger partial charge in [0.1, 0.15) is 0 Å². The minimum absolute atomic E-state index is 0.0556. The van der Waals surface area contributed by atoms with Crippen molar-refractivity contribution in [2.75, 3.05) is 0 Å². The van der Waals surface area contributed by atoms with E-state index < -0.39 is 11.3 Å². The molecule has 0 aromatic heterocycles. The second-order valence-electron chi connectivity index (χ2n) is 5.99. The van der Waals surface area contributed by atoms with E-state index in [2.05, 4.69) is 5.48 Å². The molecule has 0 bridgehead atoms. The topological polar surface area (TPSA) is 47.3 Å². The summed E-state index contributed by atoms with van der Waals surface area (Å²) in [6.45, 7) is 0. The molecule has 3 aliphatic carbocycles. The molecule has 0 radical (unpaired) electrons. The first-order valence-electron chi connectivity index (χ1n) is 6.57. The van der Waals surface area contributed by atoms with E-state index in [1.54, 1.807) is 0 Å². The van der Waals surface area contributed by atoms with E-state index in [0.29, 0.717) is 12.8 Å². The summed E-state index contributed by atoms with van der Waals surface area (Å²) >= 11 is 0. The van der Waals surface area contributed by atoms with Gasteiger partial charge >= 0.3 is 0 Å². The van der Waals surface area contributed by atoms with Gasteiger partial charge in [-0.3, -0.25) is 4.84 Å². The highest BCUT2D eigenvalue weighted by molar-refractivity contribution is 5.18. The average molecular weight is 246 g/mol. The van der Waals surface area contributed by atoms with Crippen molar-refractivity contribution in [2.24, 2.45) is 11.1 Å². The van der Waals surface area contributed by atoms with Crippen molar-refractivity contribution in [3.8, 4) is 0 Å². The number of rotatable bonds is 3. The molecule has 3 N–H and O–H groups in total. The van der Waals surface area contributed by atoms with Crippen LogP contribution in [0, 0.1) is 5.41 Å². The van der Waals surface area contributed by atoms with Gasteiger partial charge < -0.3 is 5.73 Å². The van der Waals surface area contributed by atoms with Gasteiger partial charge in [-0.15, -0.1) is 0 Å². The number of hydroxylamine groups is 1. The second-order valence-corrected chi connectivity index (χ2v) is 5.99. The molecule has 0 saturated heterocycles. The van der Waals surface area contributed by atoms with Gasteiger partial charge in [0.15, 0.2) is 0 Å². The summed E-state index contributed by atoms with van der Waals surface area (Å²) in [5.74, 6) is -2.41. The molecular formula is C12H20F2N2O. The fourth-order valence-corrected chi connectivity index (χ4v) is 3.25. The number of hydrogen-bond donors (Lipinski definition) is 2.